The van der Waals surface area contributed by atoms with Crippen molar-refractivity contribution in [2.24, 2.45) is 4.99 Å². The summed E-state index contributed by atoms with van der Waals surface area (Å²) in [5.74, 6) is 0. The summed E-state index contributed by atoms with van der Waals surface area (Å²) < 4.78 is 39.5. The molecule has 2 aromatic rings. The zero-order valence-electron chi connectivity index (χ0n) is 10.9. The molecule has 0 radical (unpaired) electrons. The number of aliphatic imine (C=N–C) groups is 1. The molecule has 0 aliphatic heterocycles. The Morgan fingerprint density at radius 3 is 1.90 bits per heavy atom. The SMILES string of the molecule is C[C@H](N=C(c1ccccc1)C(F)(F)F)c1ccccc1. The van der Waals surface area contributed by atoms with E-state index in [1.54, 1.807) is 49.4 Å². The van der Waals surface area contributed by atoms with E-state index in [-0.39, 0.29) is 5.56 Å². The van der Waals surface area contributed by atoms with Gasteiger partial charge in [-0.2, -0.15) is 13.2 Å². The van der Waals surface area contributed by atoms with Gasteiger partial charge in [-0.05, 0) is 12.5 Å². The lowest BCUT2D eigenvalue weighted by molar-refractivity contribution is -0.0584. The zero-order valence-corrected chi connectivity index (χ0v) is 10.9. The second-order valence-electron chi connectivity index (χ2n) is 4.43. The Labute approximate surface area is 115 Å². The van der Waals surface area contributed by atoms with Crippen molar-refractivity contribution in [2.45, 2.75) is 19.1 Å². The first-order valence-electron chi connectivity index (χ1n) is 6.24. The third-order valence-corrected chi connectivity index (χ3v) is 2.92. The molecule has 0 aliphatic carbocycles. The normalized spacial score (nSPS) is 14.1. The molecule has 104 valence electrons. The van der Waals surface area contributed by atoms with Crippen molar-refractivity contribution in [2.75, 3.05) is 0 Å². The lowest BCUT2D eigenvalue weighted by atomic mass is 10.1. The highest BCUT2D eigenvalue weighted by Crippen LogP contribution is 2.26. The zero-order chi connectivity index (χ0) is 14.6. The van der Waals surface area contributed by atoms with Gasteiger partial charge in [-0.15, -0.1) is 0 Å². The highest BCUT2D eigenvalue weighted by atomic mass is 19.4. The average Bonchev–Trinajstić information content (AvgIpc) is 2.45. The van der Waals surface area contributed by atoms with Gasteiger partial charge in [0.15, 0.2) is 0 Å². The number of hydrogen-bond acceptors (Lipinski definition) is 1. The standard InChI is InChI=1S/C16H14F3N/c1-12(13-8-4-2-5-9-13)20-15(16(17,18)19)14-10-6-3-7-11-14/h2-12H,1H3/t12-/m0/s1. The second-order valence-corrected chi connectivity index (χ2v) is 4.43. The summed E-state index contributed by atoms with van der Waals surface area (Å²) in [6.07, 6.45) is -4.47. The average molecular weight is 277 g/mol. The van der Waals surface area contributed by atoms with Crippen LogP contribution >= 0.6 is 0 Å². The molecule has 4 heteroatoms. The number of hydrogen-bond donors (Lipinski definition) is 0. The van der Waals surface area contributed by atoms with Crippen LogP contribution in [0.1, 0.15) is 24.1 Å². The number of halogens is 3. The third-order valence-electron chi connectivity index (χ3n) is 2.92. The van der Waals surface area contributed by atoms with Crippen molar-refractivity contribution in [1.29, 1.82) is 0 Å². The van der Waals surface area contributed by atoms with Gasteiger partial charge in [0.25, 0.3) is 0 Å². The fourth-order valence-electron chi connectivity index (χ4n) is 1.91. The molecule has 0 spiro atoms. The van der Waals surface area contributed by atoms with Gasteiger partial charge in [0.1, 0.15) is 5.71 Å². The summed E-state index contributed by atoms with van der Waals surface area (Å²) in [5.41, 5.74) is 0.00224. The summed E-state index contributed by atoms with van der Waals surface area (Å²) in [5, 5.41) is 0. The van der Waals surface area contributed by atoms with Gasteiger partial charge in [0.2, 0.25) is 0 Å². The van der Waals surface area contributed by atoms with Crippen LogP contribution in [-0.4, -0.2) is 11.9 Å². The maximum Gasteiger partial charge on any atom is 0.433 e. The minimum atomic E-state index is -4.47. The lowest BCUT2D eigenvalue weighted by Gasteiger charge is -2.14. The van der Waals surface area contributed by atoms with Gasteiger partial charge >= 0.3 is 6.18 Å². The highest BCUT2D eigenvalue weighted by Gasteiger charge is 2.37. The number of alkyl halides is 3. The molecule has 1 nitrogen and oxygen atoms in total. The molecule has 0 saturated heterocycles. The van der Waals surface area contributed by atoms with Crippen LogP contribution < -0.4 is 0 Å². The summed E-state index contributed by atoms with van der Waals surface area (Å²) >= 11 is 0. The van der Waals surface area contributed by atoms with Crippen molar-refractivity contribution in [3.8, 4) is 0 Å². The van der Waals surface area contributed by atoms with E-state index < -0.39 is 17.9 Å². The Bertz CT molecular complexity index is 574. The summed E-state index contributed by atoms with van der Waals surface area (Å²) in [4.78, 5) is 3.88. The van der Waals surface area contributed by atoms with Crippen LogP contribution in [0, 0.1) is 0 Å². The number of benzene rings is 2. The van der Waals surface area contributed by atoms with E-state index in [1.807, 2.05) is 6.07 Å². The summed E-state index contributed by atoms with van der Waals surface area (Å²) in [6, 6.07) is 16.1. The van der Waals surface area contributed by atoms with E-state index in [4.69, 9.17) is 0 Å². The van der Waals surface area contributed by atoms with E-state index in [9.17, 15) is 13.2 Å². The number of nitrogens with zero attached hydrogens (tertiary/aromatic N) is 1. The van der Waals surface area contributed by atoms with Crippen LogP contribution in [0.2, 0.25) is 0 Å². The predicted octanol–water partition coefficient (Wildman–Crippen LogP) is 4.80. The van der Waals surface area contributed by atoms with Crippen molar-refractivity contribution < 1.29 is 13.2 Å². The smallest absolute Gasteiger partial charge is 0.272 e. The highest BCUT2D eigenvalue weighted by molar-refractivity contribution is 6.04. The fourth-order valence-corrected chi connectivity index (χ4v) is 1.91. The molecule has 0 aliphatic rings. The first kappa shape index (κ1) is 14.3. The summed E-state index contributed by atoms with van der Waals surface area (Å²) in [7, 11) is 0. The minimum Gasteiger partial charge on any atom is -0.272 e. The molecule has 2 aromatic carbocycles. The van der Waals surface area contributed by atoms with Crippen LogP contribution in [0.3, 0.4) is 0 Å². The largest absolute Gasteiger partial charge is 0.433 e. The molecular formula is C16H14F3N. The molecule has 0 unspecified atom stereocenters. The molecule has 0 saturated carbocycles. The van der Waals surface area contributed by atoms with E-state index in [1.165, 1.54) is 12.1 Å². The Kier molecular flexibility index (Phi) is 4.23. The molecule has 0 N–H and O–H groups in total. The van der Waals surface area contributed by atoms with Crippen LogP contribution in [-0.2, 0) is 0 Å². The monoisotopic (exact) mass is 277 g/mol. The van der Waals surface area contributed by atoms with Gasteiger partial charge in [-0.25, -0.2) is 0 Å². The molecule has 20 heavy (non-hydrogen) atoms. The molecule has 0 fully saturated rings. The van der Waals surface area contributed by atoms with Crippen LogP contribution in [0.5, 0.6) is 0 Å². The van der Waals surface area contributed by atoms with E-state index >= 15 is 0 Å². The number of rotatable bonds is 3. The van der Waals surface area contributed by atoms with Gasteiger partial charge < -0.3 is 0 Å². The van der Waals surface area contributed by atoms with E-state index in [2.05, 4.69) is 4.99 Å². The minimum absolute atomic E-state index is 0.0859. The molecule has 0 amide bonds. The topological polar surface area (TPSA) is 12.4 Å². The summed E-state index contributed by atoms with van der Waals surface area (Å²) in [6.45, 7) is 1.66. The molecule has 0 aromatic heterocycles. The molecule has 1 atom stereocenters. The maximum absolute atomic E-state index is 13.2. The molecule has 0 heterocycles. The van der Waals surface area contributed by atoms with Gasteiger partial charge in [-0.3, -0.25) is 4.99 Å². The Balaban J connectivity index is 2.40. The fraction of sp³-hybridized carbons (Fsp3) is 0.188. The predicted molar refractivity (Wildman–Crippen MR) is 73.9 cm³/mol. The van der Waals surface area contributed by atoms with Crippen LogP contribution in [0.25, 0.3) is 0 Å². The van der Waals surface area contributed by atoms with Crippen LogP contribution in [0.15, 0.2) is 65.7 Å². The molecule has 0 bridgehead atoms. The Morgan fingerprint density at radius 1 is 0.900 bits per heavy atom. The first-order valence-corrected chi connectivity index (χ1v) is 6.24. The van der Waals surface area contributed by atoms with Gasteiger partial charge in [-0.1, -0.05) is 60.7 Å². The van der Waals surface area contributed by atoms with Crippen molar-refractivity contribution in [1.82, 2.24) is 0 Å². The van der Waals surface area contributed by atoms with Crippen LogP contribution in [0.4, 0.5) is 13.2 Å². The third kappa shape index (κ3) is 3.47. The lowest BCUT2D eigenvalue weighted by Crippen LogP contribution is -2.24. The van der Waals surface area contributed by atoms with Gasteiger partial charge in [0, 0.05) is 5.56 Å². The maximum atomic E-state index is 13.2. The Morgan fingerprint density at radius 2 is 1.40 bits per heavy atom. The van der Waals surface area contributed by atoms with Gasteiger partial charge in [0.05, 0.1) is 6.04 Å². The molecule has 2 rings (SSSR count). The second kappa shape index (κ2) is 5.90. The Hall–Kier alpha value is -2.10. The van der Waals surface area contributed by atoms with Crippen molar-refractivity contribution >= 4 is 5.71 Å². The van der Waals surface area contributed by atoms with Crippen molar-refractivity contribution in [3.05, 3.63) is 71.8 Å². The first-order chi connectivity index (χ1) is 9.48. The van der Waals surface area contributed by atoms with E-state index in [0.29, 0.717) is 0 Å². The molecular weight excluding hydrogens is 263 g/mol. The van der Waals surface area contributed by atoms with Crippen molar-refractivity contribution in [3.63, 3.8) is 0 Å². The quantitative estimate of drug-likeness (QED) is 0.715. The van der Waals surface area contributed by atoms with E-state index in [0.717, 1.165) is 5.56 Å².